The van der Waals surface area contributed by atoms with Gasteiger partial charge in [0.25, 0.3) is 0 Å². The van der Waals surface area contributed by atoms with E-state index < -0.39 is 0 Å². The molecule has 0 aromatic carbocycles. The van der Waals surface area contributed by atoms with E-state index in [0.29, 0.717) is 5.54 Å². The van der Waals surface area contributed by atoms with Gasteiger partial charge in [0.1, 0.15) is 0 Å². The van der Waals surface area contributed by atoms with Crippen molar-refractivity contribution in [2.24, 2.45) is 0 Å². The second-order valence-electron chi connectivity index (χ2n) is 4.09. The van der Waals surface area contributed by atoms with Crippen molar-refractivity contribution < 1.29 is 0 Å². The largest absolute Gasteiger partial charge is 0.306 e. The second kappa shape index (κ2) is 3.46. The van der Waals surface area contributed by atoms with Crippen molar-refractivity contribution in [3.05, 3.63) is 30.1 Å². The standard InChI is InChI=1S/C11H16N2/c1-11(6-4-7-11)13-9-10-5-2-3-8-12-10/h2-3,5,8,13H,4,6-7,9H2,1H3. The Morgan fingerprint density at radius 1 is 1.46 bits per heavy atom. The van der Waals surface area contributed by atoms with Crippen LogP contribution in [-0.2, 0) is 6.54 Å². The molecule has 13 heavy (non-hydrogen) atoms. The first-order chi connectivity index (χ1) is 6.29. The average Bonchev–Trinajstić information content (AvgIpc) is 2.13. The lowest BCUT2D eigenvalue weighted by molar-refractivity contribution is 0.206. The lowest BCUT2D eigenvalue weighted by atomic mass is 9.78. The van der Waals surface area contributed by atoms with Crippen molar-refractivity contribution in [2.45, 2.75) is 38.3 Å². The molecule has 1 aromatic heterocycles. The summed E-state index contributed by atoms with van der Waals surface area (Å²) in [6, 6.07) is 6.05. The third-order valence-electron chi connectivity index (χ3n) is 2.88. The maximum absolute atomic E-state index is 4.28. The van der Waals surface area contributed by atoms with Crippen LogP contribution in [0.4, 0.5) is 0 Å². The van der Waals surface area contributed by atoms with Crippen molar-refractivity contribution in [2.75, 3.05) is 0 Å². The number of rotatable bonds is 3. The summed E-state index contributed by atoms with van der Waals surface area (Å²) in [5.41, 5.74) is 1.52. The van der Waals surface area contributed by atoms with Gasteiger partial charge in [0.2, 0.25) is 0 Å². The van der Waals surface area contributed by atoms with Crippen molar-refractivity contribution in [3.8, 4) is 0 Å². The van der Waals surface area contributed by atoms with Gasteiger partial charge in [-0.1, -0.05) is 6.07 Å². The molecule has 2 heteroatoms. The fourth-order valence-corrected chi connectivity index (χ4v) is 1.69. The van der Waals surface area contributed by atoms with Crippen LogP contribution < -0.4 is 5.32 Å². The Bertz CT molecular complexity index is 265. The number of hydrogen-bond donors (Lipinski definition) is 1. The Morgan fingerprint density at radius 3 is 2.85 bits per heavy atom. The van der Waals surface area contributed by atoms with Crippen LogP contribution in [0.25, 0.3) is 0 Å². The van der Waals surface area contributed by atoms with E-state index in [0.717, 1.165) is 12.2 Å². The highest BCUT2D eigenvalue weighted by molar-refractivity contribution is 5.04. The normalized spacial score (nSPS) is 19.5. The summed E-state index contributed by atoms with van der Waals surface area (Å²) in [5.74, 6) is 0. The van der Waals surface area contributed by atoms with Gasteiger partial charge in [0, 0.05) is 18.3 Å². The molecule has 1 N–H and O–H groups in total. The molecule has 1 saturated carbocycles. The van der Waals surface area contributed by atoms with Gasteiger partial charge in [0.15, 0.2) is 0 Å². The van der Waals surface area contributed by atoms with E-state index in [1.807, 2.05) is 18.3 Å². The highest BCUT2D eigenvalue weighted by atomic mass is 15.0. The molecule has 0 bridgehead atoms. The first-order valence-corrected chi connectivity index (χ1v) is 4.93. The van der Waals surface area contributed by atoms with E-state index in [4.69, 9.17) is 0 Å². The summed E-state index contributed by atoms with van der Waals surface area (Å²) in [7, 11) is 0. The molecule has 1 heterocycles. The van der Waals surface area contributed by atoms with Gasteiger partial charge in [-0.05, 0) is 38.3 Å². The molecule has 0 saturated heterocycles. The van der Waals surface area contributed by atoms with Crippen molar-refractivity contribution >= 4 is 0 Å². The lowest BCUT2D eigenvalue weighted by Crippen LogP contribution is -2.47. The van der Waals surface area contributed by atoms with Gasteiger partial charge < -0.3 is 5.32 Å². The van der Waals surface area contributed by atoms with E-state index in [1.165, 1.54) is 19.3 Å². The van der Waals surface area contributed by atoms with Gasteiger partial charge in [-0.25, -0.2) is 0 Å². The van der Waals surface area contributed by atoms with E-state index in [-0.39, 0.29) is 0 Å². The first-order valence-electron chi connectivity index (χ1n) is 4.93. The van der Waals surface area contributed by atoms with Crippen LogP contribution >= 0.6 is 0 Å². The smallest absolute Gasteiger partial charge is 0.0541 e. The minimum Gasteiger partial charge on any atom is -0.306 e. The van der Waals surface area contributed by atoms with Gasteiger partial charge in [-0.3, -0.25) is 4.98 Å². The fraction of sp³-hybridized carbons (Fsp3) is 0.545. The van der Waals surface area contributed by atoms with E-state index >= 15 is 0 Å². The van der Waals surface area contributed by atoms with Crippen LogP contribution in [0.15, 0.2) is 24.4 Å². The second-order valence-corrected chi connectivity index (χ2v) is 4.09. The number of nitrogens with zero attached hydrogens (tertiary/aromatic N) is 1. The molecule has 1 aliphatic rings. The van der Waals surface area contributed by atoms with Gasteiger partial charge in [-0.15, -0.1) is 0 Å². The fourth-order valence-electron chi connectivity index (χ4n) is 1.69. The molecule has 0 amide bonds. The first kappa shape index (κ1) is 8.70. The van der Waals surface area contributed by atoms with Gasteiger partial charge in [-0.2, -0.15) is 0 Å². The molecule has 0 atom stereocenters. The molecular weight excluding hydrogens is 160 g/mol. The quantitative estimate of drug-likeness (QED) is 0.763. The molecule has 2 nitrogen and oxygen atoms in total. The van der Waals surface area contributed by atoms with E-state index in [1.54, 1.807) is 0 Å². The Morgan fingerprint density at radius 2 is 2.31 bits per heavy atom. The molecule has 1 aromatic rings. The average molecular weight is 176 g/mol. The predicted molar refractivity (Wildman–Crippen MR) is 53.3 cm³/mol. The van der Waals surface area contributed by atoms with E-state index in [9.17, 15) is 0 Å². The van der Waals surface area contributed by atoms with Crippen molar-refractivity contribution in [1.29, 1.82) is 0 Å². The van der Waals surface area contributed by atoms with Crippen molar-refractivity contribution in [3.63, 3.8) is 0 Å². The summed E-state index contributed by atoms with van der Waals surface area (Å²) >= 11 is 0. The van der Waals surface area contributed by atoms with Crippen LogP contribution in [0, 0.1) is 0 Å². The lowest BCUT2D eigenvalue weighted by Gasteiger charge is -2.39. The zero-order chi connectivity index (χ0) is 9.15. The number of aromatic nitrogens is 1. The zero-order valence-corrected chi connectivity index (χ0v) is 8.09. The Balaban J connectivity index is 1.86. The summed E-state index contributed by atoms with van der Waals surface area (Å²) in [4.78, 5) is 4.28. The van der Waals surface area contributed by atoms with Crippen LogP contribution in [-0.4, -0.2) is 10.5 Å². The maximum atomic E-state index is 4.28. The van der Waals surface area contributed by atoms with Crippen LogP contribution in [0.2, 0.25) is 0 Å². The van der Waals surface area contributed by atoms with Gasteiger partial charge >= 0.3 is 0 Å². The van der Waals surface area contributed by atoms with Crippen LogP contribution in [0.5, 0.6) is 0 Å². The maximum Gasteiger partial charge on any atom is 0.0541 e. The third kappa shape index (κ3) is 2.07. The topological polar surface area (TPSA) is 24.9 Å². The molecule has 0 unspecified atom stereocenters. The minimum absolute atomic E-state index is 0.386. The molecule has 1 aliphatic carbocycles. The number of nitrogens with one attached hydrogen (secondary N) is 1. The summed E-state index contributed by atoms with van der Waals surface area (Å²) in [6.45, 7) is 3.19. The highest BCUT2D eigenvalue weighted by Crippen LogP contribution is 2.30. The summed E-state index contributed by atoms with van der Waals surface area (Å²) < 4.78 is 0. The Hall–Kier alpha value is -0.890. The van der Waals surface area contributed by atoms with Crippen molar-refractivity contribution in [1.82, 2.24) is 10.3 Å². The van der Waals surface area contributed by atoms with Gasteiger partial charge in [0.05, 0.1) is 5.69 Å². The summed E-state index contributed by atoms with van der Waals surface area (Å²) in [5, 5.41) is 3.55. The SMILES string of the molecule is CC1(NCc2ccccn2)CCC1. The monoisotopic (exact) mass is 176 g/mol. The Kier molecular flexibility index (Phi) is 2.32. The van der Waals surface area contributed by atoms with Crippen LogP contribution in [0.3, 0.4) is 0 Å². The Labute approximate surface area is 79.4 Å². The molecule has 0 spiro atoms. The number of pyridine rings is 1. The third-order valence-corrected chi connectivity index (χ3v) is 2.88. The highest BCUT2D eigenvalue weighted by Gasteiger charge is 2.30. The molecule has 2 rings (SSSR count). The molecule has 1 fully saturated rings. The minimum atomic E-state index is 0.386. The molecule has 0 radical (unpaired) electrons. The molecule has 70 valence electrons. The summed E-state index contributed by atoms with van der Waals surface area (Å²) in [6.07, 6.45) is 5.82. The molecule has 0 aliphatic heterocycles. The van der Waals surface area contributed by atoms with E-state index in [2.05, 4.69) is 23.3 Å². The van der Waals surface area contributed by atoms with Crippen LogP contribution in [0.1, 0.15) is 31.9 Å². The zero-order valence-electron chi connectivity index (χ0n) is 8.09. The number of hydrogen-bond acceptors (Lipinski definition) is 2. The predicted octanol–water partition coefficient (Wildman–Crippen LogP) is 2.11. The molecular formula is C11H16N2.